The number of nitrogens with one attached hydrogen (secondary N) is 1. The number of rotatable bonds is 4. The van der Waals surface area contributed by atoms with Crippen molar-refractivity contribution in [2.75, 3.05) is 0 Å². The molecular weight excluding hydrogens is 303 g/mol. The topological polar surface area (TPSA) is 45.8 Å². The van der Waals surface area contributed by atoms with Gasteiger partial charge in [-0.25, -0.2) is 4.98 Å². The number of thioether (sulfide) groups is 1. The molecular formula is C13H12Cl2N2OS. The molecule has 0 unspecified atom stereocenters. The molecule has 0 saturated carbocycles. The van der Waals surface area contributed by atoms with Gasteiger partial charge in [0.1, 0.15) is 0 Å². The van der Waals surface area contributed by atoms with Crippen molar-refractivity contribution in [3.05, 3.63) is 55.9 Å². The average molecular weight is 315 g/mol. The second kappa shape index (κ2) is 6.46. The molecule has 0 amide bonds. The van der Waals surface area contributed by atoms with E-state index in [1.54, 1.807) is 12.1 Å². The van der Waals surface area contributed by atoms with Gasteiger partial charge >= 0.3 is 0 Å². The minimum atomic E-state index is -0.128. The van der Waals surface area contributed by atoms with Crippen molar-refractivity contribution in [3.8, 4) is 0 Å². The number of halogens is 2. The number of H-pyrrole nitrogens is 1. The molecule has 0 aliphatic rings. The molecule has 0 atom stereocenters. The zero-order valence-electron chi connectivity index (χ0n) is 10.2. The van der Waals surface area contributed by atoms with Gasteiger partial charge in [-0.15, -0.1) is 0 Å². The van der Waals surface area contributed by atoms with Gasteiger partial charge in [0.15, 0.2) is 5.16 Å². The van der Waals surface area contributed by atoms with Crippen LogP contribution in [0.1, 0.15) is 18.2 Å². The molecule has 6 heteroatoms. The van der Waals surface area contributed by atoms with E-state index in [2.05, 4.69) is 9.97 Å². The number of nitrogens with zero attached hydrogens (tertiary/aromatic N) is 1. The zero-order chi connectivity index (χ0) is 13.8. The standard InChI is InChI=1S/C13H12Cl2N2OS/c1-2-10-6-12(18)17-13(16-10)19-7-8-3-4-9(14)5-11(8)15/h3-6H,2,7H2,1H3,(H,16,17,18). The van der Waals surface area contributed by atoms with Crippen LogP contribution in [0.25, 0.3) is 0 Å². The Labute approximate surface area is 125 Å². The van der Waals surface area contributed by atoms with Gasteiger partial charge in [-0.2, -0.15) is 0 Å². The maximum absolute atomic E-state index is 11.4. The second-order valence-electron chi connectivity index (χ2n) is 3.92. The van der Waals surface area contributed by atoms with Gasteiger partial charge in [0.25, 0.3) is 5.56 Å². The van der Waals surface area contributed by atoms with Crippen molar-refractivity contribution >= 4 is 35.0 Å². The van der Waals surface area contributed by atoms with Gasteiger partial charge in [0.2, 0.25) is 0 Å². The number of hydrogen-bond donors (Lipinski definition) is 1. The van der Waals surface area contributed by atoms with E-state index in [1.165, 1.54) is 17.8 Å². The molecule has 1 N–H and O–H groups in total. The summed E-state index contributed by atoms with van der Waals surface area (Å²) in [5.41, 5.74) is 1.62. The van der Waals surface area contributed by atoms with Crippen LogP contribution in [0.3, 0.4) is 0 Å². The van der Waals surface area contributed by atoms with Crippen molar-refractivity contribution in [1.82, 2.24) is 9.97 Å². The summed E-state index contributed by atoms with van der Waals surface area (Å²) in [5.74, 6) is 0.631. The molecule has 0 fully saturated rings. The van der Waals surface area contributed by atoms with Crippen molar-refractivity contribution < 1.29 is 0 Å². The summed E-state index contributed by atoms with van der Waals surface area (Å²) >= 11 is 13.4. The van der Waals surface area contributed by atoms with E-state index in [4.69, 9.17) is 23.2 Å². The predicted octanol–water partition coefficient (Wildman–Crippen LogP) is 3.93. The smallest absolute Gasteiger partial charge is 0.251 e. The maximum atomic E-state index is 11.4. The van der Waals surface area contributed by atoms with Crippen LogP contribution in [-0.4, -0.2) is 9.97 Å². The highest BCUT2D eigenvalue weighted by Crippen LogP contribution is 2.26. The highest BCUT2D eigenvalue weighted by atomic mass is 35.5. The molecule has 1 aromatic heterocycles. The summed E-state index contributed by atoms with van der Waals surface area (Å²) in [4.78, 5) is 18.5. The number of aromatic nitrogens is 2. The van der Waals surface area contributed by atoms with Crippen molar-refractivity contribution in [1.29, 1.82) is 0 Å². The SMILES string of the molecule is CCc1cc(=O)[nH]c(SCc2ccc(Cl)cc2Cl)n1. The van der Waals surface area contributed by atoms with E-state index >= 15 is 0 Å². The first-order chi connectivity index (χ1) is 9.08. The highest BCUT2D eigenvalue weighted by molar-refractivity contribution is 7.98. The zero-order valence-corrected chi connectivity index (χ0v) is 12.6. The van der Waals surface area contributed by atoms with Crippen LogP contribution in [-0.2, 0) is 12.2 Å². The van der Waals surface area contributed by atoms with Crippen LogP contribution in [0.4, 0.5) is 0 Å². The quantitative estimate of drug-likeness (QED) is 0.687. The molecule has 0 aliphatic carbocycles. The fourth-order valence-corrected chi connectivity index (χ4v) is 2.97. The van der Waals surface area contributed by atoms with Gasteiger partial charge in [-0.1, -0.05) is 48.0 Å². The number of hydrogen-bond acceptors (Lipinski definition) is 3. The molecule has 19 heavy (non-hydrogen) atoms. The Morgan fingerprint density at radius 1 is 1.32 bits per heavy atom. The molecule has 2 aromatic rings. The van der Waals surface area contributed by atoms with Crippen LogP contribution in [0.5, 0.6) is 0 Å². The first-order valence-corrected chi connectivity index (χ1v) is 7.49. The van der Waals surface area contributed by atoms with Crippen LogP contribution in [0.15, 0.2) is 34.2 Å². The Balaban J connectivity index is 2.14. The second-order valence-corrected chi connectivity index (χ2v) is 5.73. The maximum Gasteiger partial charge on any atom is 0.251 e. The molecule has 0 radical (unpaired) electrons. The van der Waals surface area contributed by atoms with Gasteiger partial charge in [0.05, 0.1) is 0 Å². The Kier molecular flexibility index (Phi) is 4.91. The van der Waals surface area contributed by atoms with Gasteiger partial charge in [-0.05, 0) is 24.1 Å². The monoisotopic (exact) mass is 314 g/mol. The van der Waals surface area contributed by atoms with Crippen molar-refractivity contribution in [3.63, 3.8) is 0 Å². The van der Waals surface area contributed by atoms with E-state index in [1.807, 2.05) is 13.0 Å². The number of aryl methyl sites for hydroxylation is 1. The Bertz CT molecular complexity index is 643. The lowest BCUT2D eigenvalue weighted by atomic mass is 10.2. The minimum Gasteiger partial charge on any atom is -0.301 e. The molecule has 0 aliphatic heterocycles. The number of aromatic amines is 1. The Hall–Kier alpha value is -0.970. The van der Waals surface area contributed by atoms with Crippen molar-refractivity contribution in [2.45, 2.75) is 24.3 Å². The molecule has 3 nitrogen and oxygen atoms in total. The van der Waals surface area contributed by atoms with Gasteiger partial charge in [0, 0.05) is 27.6 Å². The van der Waals surface area contributed by atoms with Crippen LogP contribution < -0.4 is 5.56 Å². The van der Waals surface area contributed by atoms with E-state index in [0.29, 0.717) is 21.0 Å². The summed E-state index contributed by atoms with van der Waals surface area (Å²) in [6.45, 7) is 1.96. The summed E-state index contributed by atoms with van der Waals surface area (Å²) in [5, 5.41) is 1.84. The molecule has 0 spiro atoms. The fourth-order valence-electron chi connectivity index (χ4n) is 1.52. The van der Waals surface area contributed by atoms with Crippen LogP contribution in [0.2, 0.25) is 10.0 Å². The van der Waals surface area contributed by atoms with E-state index in [9.17, 15) is 4.79 Å². The van der Waals surface area contributed by atoms with Crippen molar-refractivity contribution in [2.24, 2.45) is 0 Å². The highest BCUT2D eigenvalue weighted by Gasteiger charge is 2.05. The molecule has 0 saturated heterocycles. The summed E-state index contributed by atoms with van der Waals surface area (Å²) < 4.78 is 0. The Morgan fingerprint density at radius 3 is 2.79 bits per heavy atom. The first kappa shape index (κ1) is 14.4. The van der Waals surface area contributed by atoms with Crippen LogP contribution >= 0.6 is 35.0 Å². The average Bonchev–Trinajstić information content (AvgIpc) is 2.37. The molecule has 1 heterocycles. The van der Waals surface area contributed by atoms with E-state index < -0.39 is 0 Å². The third-order valence-electron chi connectivity index (χ3n) is 2.51. The van der Waals surface area contributed by atoms with Gasteiger partial charge < -0.3 is 4.98 Å². The molecule has 0 bridgehead atoms. The molecule has 100 valence electrons. The third-order valence-corrected chi connectivity index (χ3v) is 4.02. The third kappa shape index (κ3) is 4.00. The minimum absolute atomic E-state index is 0.128. The lowest BCUT2D eigenvalue weighted by molar-refractivity contribution is 0.868. The lowest BCUT2D eigenvalue weighted by Gasteiger charge is -2.05. The van der Waals surface area contributed by atoms with Crippen LogP contribution in [0, 0.1) is 0 Å². The fraction of sp³-hybridized carbons (Fsp3) is 0.231. The predicted molar refractivity (Wildman–Crippen MR) is 80.3 cm³/mol. The Morgan fingerprint density at radius 2 is 2.11 bits per heavy atom. The lowest BCUT2D eigenvalue weighted by Crippen LogP contribution is -2.09. The first-order valence-electron chi connectivity index (χ1n) is 5.75. The largest absolute Gasteiger partial charge is 0.301 e. The number of benzene rings is 1. The van der Waals surface area contributed by atoms with E-state index in [0.717, 1.165) is 17.7 Å². The molecule has 1 aromatic carbocycles. The summed E-state index contributed by atoms with van der Waals surface area (Å²) in [7, 11) is 0. The van der Waals surface area contributed by atoms with E-state index in [-0.39, 0.29) is 5.56 Å². The summed E-state index contributed by atoms with van der Waals surface area (Å²) in [6.07, 6.45) is 0.735. The molecule has 2 rings (SSSR count). The normalized spacial score (nSPS) is 10.7. The summed E-state index contributed by atoms with van der Waals surface area (Å²) in [6, 6.07) is 6.89. The van der Waals surface area contributed by atoms with Gasteiger partial charge in [-0.3, -0.25) is 4.79 Å².